The quantitative estimate of drug-likeness (QED) is 0.615. The number of anilines is 1. The molecule has 0 saturated carbocycles. The zero-order valence-corrected chi connectivity index (χ0v) is 17.8. The predicted octanol–water partition coefficient (Wildman–Crippen LogP) is 2.02. The van der Waals surface area contributed by atoms with Gasteiger partial charge in [0.1, 0.15) is 18.2 Å². The molecule has 1 aliphatic rings. The van der Waals surface area contributed by atoms with Crippen molar-refractivity contribution < 1.29 is 9.18 Å². The SMILES string of the molecule is O=C(Cn1nc(N2CCN(Cc3ccccc3)CC2)ccc1=O)NCc1ccccc1F. The molecule has 8 heteroatoms. The molecule has 0 bridgehead atoms. The van der Waals surface area contributed by atoms with Crippen molar-refractivity contribution in [3.05, 3.63) is 94.0 Å². The Morgan fingerprint density at radius 2 is 1.66 bits per heavy atom. The number of carbonyl (C=O) groups is 1. The van der Waals surface area contributed by atoms with Gasteiger partial charge in [-0.15, -0.1) is 0 Å². The van der Waals surface area contributed by atoms with Crippen LogP contribution in [0.4, 0.5) is 10.2 Å². The number of aromatic nitrogens is 2. The Kier molecular flexibility index (Phi) is 6.91. The molecule has 0 atom stereocenters. The van der Waals surface area contributed by atoms with E-state index in [9.17, 15) is 14.0 Å². The van der Waals surface area contributed by atoms with Gasteiger partial charge in [0.25, 0.3) is 5.56 Å². The Morgan fingerprint density at radius 1 is 0.938 bits per heavy atom. The van der Waals surface area contributed by atoms with Gasteiger partial charge in [-0.05, 0) is 17.7 Å². The van der Waals surface area contributed by atoms with Gasteiger partial charge in [-0.2, -0.15) is 5.10 Å². The Bertz CT molecular complexity index is 1110. The van der Waals surface area contributed by atoms with Crippen molar-refractivity contribution in [1.82, 2.24) is 20.0 Å². The molecular weight excluding hydrogens is 409 g/mol. The second-order valence-corrected chi connectivity index (χ2v) is 7.80. The molecule has 7 nitrogen and oxygen atoms in total. The number of carbonyl (C=O) groups excluding carboxylic acids is 1. The minimum atomic E-state index is -0.396. The lowest BCUT2D eigenvalue weighted by atomic mass is 10.2. The molecule has 0 spiro atoms. The standard InChI is InChI=1S/C24H26FN5O2/c25-21-9-5-4-8-20(21)16-26-23(31)18-30-24(32)11-10-22(27-30)29-14-12-28(13-15-29)17-19-6-2-1-3-7-19/h1-11H,12-18H2,(H,26,31). The average Bonchev–Trinajstić information content (AvgIpc) is 2.81. The second kappa shape index (κ2) is 10.2. The maximum absolute atomic E-state index is 13.7. The summed E-state index contributed by atoms with van der Waals surface area (Å²) in [4.78, 5) is 29.0. The number of halogens is 1. The fourth-order valence-corrected chi connectivity index (χ4v) is 3.72. The van der Waals surface area contributed by atoms with Crippen LogP contribution in [-0.4, -0.2) is 46.8 Å². The van der Waals surface area contributed by atoms with E-state index in [1.54, 1.807) is 24.3 Å². The van der Waals surface area contributed by atoms with Crippen molar-refractivity contribution in [2.45, 2.75) is 19.6 Å². The van der Waals surface area contributed by atoms with Crippen LogP contribution in [0.5, 0.6) is 0 Å². The fraction of sp³-hybridized carbons (Fsp3) is 0.292. The van der Waals surface area contributed by atoms with Gasteiger partial charge in [0.2, 0.25) is 5.91 Å². The summed E-state index contributed by atoms with van der Waals surface area (Å²) < 4.78 is 14.9. The van der Waals surface area contributed by atoms with Crippen molar-refractivity contribution in [3.63, 3.8) is 0 Å². The number of benzene rings is 2. The molecule has 4 rings (SSSR count). The molecule has 1 aliphatic heterocycles. The summed E-state index contributed by atoms with van der Waals surface area (Å²) in [6.07, 6.45) is 0. The fourth-order valence-electron chi connectivity index (χ4n) is 3.72. The van der Waals surface area contributed by atoms with Gasteiger partial charge in [0.05, 0.1) is 0 Å². The van der Waals surface area contributed by atoms with Gasteiger partial charge in [0.15, 0.2) is 0 Å². The molecule has 0 unspecified atom stereocenters. The zero-order valence-electron chi connectivity index (χ0n) is 17.8. The first-order valence-corrected chi connectivity index (χ1v) is 10.7. The molecule has 3 aromatic rings. The Balaban J connectivity index is 1.33. The monoisotopic (exact) mass is 435 g/mol. The summed E-state index contributed by atoms with van der Waals surface area (Å²) in [5.41, 5.74) is 1.33. The molecule has 0 radical (unpaired) electrons. The van der Waals surface area contributed by atoms with Crippen molar-refractivity contribution in [3.8, 4) is 0 Å². The third-order valence-corrected chi connectivity index (χ3v) is 5.53. The van der Waals surface area contributed by atoms with E-state index in [1.165, 1.54) is 17.7 Å². The van der Waals surface area contributed by atoms with Gasteiger partial charge >= 0.3 is 0 Å². The highest BCUT2D eigenvalue weighted by Gasteiger charge is 2.19. The number of hydrogen-bond donors (Lipinski definition) is 1. The molecule has 2 aromatic carbocycles. The van der Waals surface area contributed by atoms with E-state index < -0.39 is 5.91 Å². The smallest absolute Gasteiger partial charge is 0.267 e. The first kappa shape index (κ1) is 21.7. The molecule has 1 N–H and O–H groups in total. The van der Waals surface area contributed by atoms with Crippen LogP contribution in [0.3, 0.4) is 0 Å². The van der Waals surface area contributed by atoms with Crippen LogP contribution in [0.25, 0.3) is 0 Å². The molecule has 1 saturated heterocycles. The van der Waals surface area contributed by atoms with Gasteiger partial charge < -0.3 is 10.2 Å². The van der Waals surface area contributed by atoms with E-state index >= 15 is 0 Å². The molecular formula is C24H26FN5O2. The summed E-state index contributed by atoms with van der Waals surface area (Å²) >= 11 is 0. The molecule has 1 aromatic heterocycles. The first-order chi connectivity index (χ1) is 15.6. The molecule has 1 fully saturated rings. The topological polar surface area (TPSA) is 70.5 Å². The number of rotatable bonds is 7. The van der Waals surface area contributed by atoms with Gasteiger partial charge in [-0.25, -0.2) is 9.07 Å². The van der Waals surface area contributed by atoms with Crippen molar-refractivity contribution in [2.75, 3.05) is 31.1 Å². The van der Waals surface area contributed by atoms with Crippen molar-refractivity contribution >= 4 is 11.7 Å². The lowest BCUT2D eigenvalue weighted by Gasteiger charge is -2.35. The highest BCUT2D eigenvalue weighted by Crippen LogP contribution is 2.14. The molecule has 2 heterocycles. The first-order valence-electron chi connectivity index (χ1n) is 10.7. The van der Waals surface area contributed by atoms with E-state index in [4.69, 9.17) is 0 Å². The minimum absolute atomic E-state index is 0.0589. The highest BCUT2D eigenvalue weighted by atomic mass is 19.1. The van der Waals surface area contributed by atoms with E-state index in [2.05, 4.69) is 32.3 Å². The second-order valence-electron chi connectivity index (χ2n) is 7.80. The van der Waals surface area contributed by atoms with Crippen LogP contribution in [0.2, 0.25) is 0 Å². The normalized spacial score (nSPS) is 14.3. The molecule has 1 amide bonds. The summed E-state index contributed by atoms with van der Waals surface area (Å²) in [5, 5.41) is 7.04. The Morgan fingerprint density at radius 3 is 2.41 bits per heavy atom. The summed E-state index contributed by atoms with van der Waals surface area (Å²) in [6, 6.07) is 19.7. The lowest BCUT2D eigenvalue weighted by Crippen LogP contribution is -2.46. The Labute approximate surface area is 186 Å². The van der Waals surface area contributed by atoms with E-state index in [0.717, 1.165) is 37.4 Å². The summed E-state index contributed by atoms with van der Waals surface area (Å²) in [6.45, 7) is 4.11. The van der Waals surface area contributed by atoms with Crippen molar-refractivity contribution in [2.24, 2.45) is 0 Å². The maximum Gasteiger partial charge on any atom is 0.267 e. The Hall–Kier alpha value is -3.52. The number of nitrogens with zero attached hydrogens (tertiary/aromatic N) is 4. The molecule has 166 valence electrons. The van der Waals surface area contributed by atoms with Gasteiger partial charge in [-0.1, -0.05) is 48.5 Å². The van der Waals surface area contributed by atoms with E-state index in [-0.39, 0.29) is 24.5 Å². The lowest BCUT2D eigenvalue weighted by molar-refractivity contribution is -0.122. The third kappa shape index (κ3) is 5.59. The van der Waals surface area contributed by atoms with Gasteiger partial charge in [0, 0.05) is 50.9 Å². The number of amides is 1. The van der Waals surface area contributed by atoms with Gasteiger partial charge in [-0.3, -0.25) is 14.5 Å². The summed E-state index contributed by atoms with van der Waals surface area (Å²) in [5.74, 6) is -0.102. The van der Waals surface area contributed by atoms with E-state index in [1.807, 2.05) is 18.2 Å². The summed E-state index contributed by atoms with van der Waals surface area (Å²) in [7, 11) is 0. The molecule has 32 heavy (non-hydrogen) atoms. The van der Waals surface area contributed by atoms with Crippen LogP contribution in [0.15, 0.2) is 71.5 Å². The number of piperazine rings is 1. The maximum atomic E-state index is 13.7. The number of nitrogens with one attached hydrogen (secondary N) is 1. The van der Waals surface area contributed by atoms with Crippen molar-refractivity contribution in [1.29, 1.82) is 0 Å². The predicted molar refractivity (Wildman–Crippen MR) is 121 cm³/mol. The highest BCUT2D eigenvalue weighted by molar-refractivity contribution is 5.75. The average molecular weight is 436 g/mol. The van der Waals surface area contributed by atoms with Crippen LogP contribution in [0, 0.1) is 5.82 Å². The van der Waals surface area contributed by atoms with Crippen LogP contribution in [0.1, 0.15) is 11.1 Å². The van der Waals surface area contributed by atoms with E-state index in [0.29, 0.717) is 11.4 Å². The zero-order chi connectivity index (χ0) is 22.3. The van der Waals surface area contributed by atoms with Crippen LogP contribution < -0.4 is 15.8 Å². The largest absolute Gasteiger partial charge is 0.353 e. The minimum Gasteiger partial charge on any atom is -0.353 e. The molecule has 0 aliphatic carbocycles. The number of hydrogen-bond acceptors (Lipinski definition) is 5. The van der Waals surface area contributed by atoms with Crippen LogP contribution >= 0.6 is 0 Å². The van der Waals surface area contributed by atoms with Crippen LogP contribution in [-0.2, 0) is 24.4 Å². The third-order valence-electron chi connectivity index (χ3n) is 5.53.